The van der Waals surface area contributed by atoms with Crippen LogP contribution in [0.4, 0.5) is 5.69 Å². The Morgan fingerprint density at radius 2 is 1.86 bits per heavy atom. The lowest BCUT2D eigenvalue weighted by Crippen LogP contribution is -2.06. The second-order valence-corrected chi connectivity index (χ2v) is 5.08. The number of methoxy groups -OCH3 is 1. The van der Waals surface area contributed by atoms with E-state index in [1.807, 2.05) is 12.1 Å². The van der Waals surface area contributed by atoms with Crippen molar-refractivity contribution >= 4 is 40.8 Å². The fourth-order valence-corrected chi connectivity index (χ4v) is 2.06. The van der Waals surface area contributed by atoms with Crippen molar-refractivity contribution in [3.8, 4) is 5.75 Å². The van der Waals surface area contributed by atoms with Crippen LogP contribution in [0.15, 0.2) is 53.5 Å². The van der Waals surface area contributed by atoms with Crippen molar-refractivity contribution in [2.24, 2.45) is 10.7 Å². The van der Waals surface area contributed by atoms with E-state index in [4.69, 9.17) is 33.7 Å². The Hall–Kier alpha value is -1.97. The van der Waals surface area contributed by atoms with E-state index >= 15 is 0 Å². The van der Waals surface area contributed by atoms with Crippen LogP contribution in [-0.4, -0.2) is 12.9 Å². The zero-order chi connectivity index (χ0) is 15.2. The van der Waals surface area contributed by atoms with E-state index in [1.54, 1.807) is 49.6 Å². The van der Waals surface area contributed by atoms with Crippen LogP contribution in [-0.2, 0) is 0 Å². The highest BCUT2D eigenvalue weighted by Crippen LogP contribution is 2.25. The molecule has 0 heterocycles. The fourth-order valence-electron chi connectivity index (χ4n) is 1.67. The molecule has 0 fully saturated rings. The second-order valence-electron chi connectivity index (χ2n) is 4.24. The van der Waals surface area contributed by atoms with Crippen LogP contribution >= 0.6 is 23.2 Å². The minimum atomic E-state index is 0.393. The van der Waals surface area contributed by atoms with Gasteiger partial charge in [-0.15, -0.1) is 0 Å². The Morgan fingerprint density at radius 3 is 2.48 bits per heavy atom. The molecule has 0 unspecified atom stereocenters. The molecule has 108 valence electrons. The highest BCUT2D eigenvalue weighted by Gasteiger charge is 1.99. The summed E-state index contributed by atoms with van der Waals surface area (Å²) in [6, 6.07) is 12.6. The molecule has 0 amide bonds. The van der Waals surface area contributed by atoms with Crippen molar-refractivity contribution in [2.75, 3.05) is 7.11 Å². The summed E-state index contributed by atoms with van der Waals surface area (Å²) < 4.78 is 5.10. The van der Waals surface area contributed by atoms with Gasteiger partial charge >= 0.3 is 0 Å². The first-order valence-corrected chi connectivity index (χ1v) is 6.95. The van der Waals surface area contributed by atoms with Gasteiger partial charge in [0.2, 0.25) is 0 Å². The molecule has 3 nitrogen and oxygen atoms in total. The number of aliphatic imine (C=N–C) groups is 1. The summed E-state index contributed by atoms with van der Waals surface area (Å²) in [5.41, 5.74) is 7.52. The van der Waals surface area contributed by atoms with Gasteiger partial charge in [-0.3, -0.25) is 0 Å². The van der Waals surface area contributed by atoms with E-state index < -0.39 is 0 Å². The molecule has 5 heteroatoms. The molecule has 0 spiro atoms. The van der Waals surface area contributed by atoms with E-state index in [0.717, 1.165) is 11.3 Å². The van der Waals surface area contributed by atoms with Crippen LogP contribution in [0, 0.1) is 0 Å². The monoisotopic (exact) mass is 320 g/mol. The molecule has 0 aromatic heterocycles. The van der Waals surface area contributed by atoms with Gasteiger partial charge in [0.25, 0.3) is 0 Å². The number of rotatable bonds is 4. The first-order chi connectivity index (χ1) is 10.1. The number of benzene rings is 2. The number of nitrogens with zero attached hydrogens (tertiary/aromatic N) is 1. The Bertz CT molecular complexity index is 679. The van der Waals surface area contributed by atoms with Gasteiger partial charge in [0.1, 0.15) is 11.6 Å². The first-order valence-electron chi connectivity index (χ1n) is 6.20. The maximum atomic E-state index is 6.06. The summed E-state index contributed by atoms with van der Waals surface area (Å²) in [6.07, 6.45) is 3.55. The highest BCUT2D eigenvalue weighted by atomic mass is 35.5. The molecule has 0 aliphatic heterocycles. The Balaban J connectivity index is 2.12. The van der Waals surface area contributed by atoms with Gasteiger partial charge in [0, 0.05) is 5.02 Å². The average molecular weight is 321 g/mol. The van der Waals surface area contributed by atoms with Crippen molar-refractivity contribution in [3.05, 3.63) is 64.1 Å². The molecule has 0 aliphatic carbocycles. The molecule has 2 N–H and O–H groups in total. The van der Waals surface area contributed by atoms with Crippen LogP contribution in [0.1, 0.15) is 5.56 Å². The minimum absolute atomic E-state index is 0.393. The second kappa shape index (κ2) is 7.16. The van der Waals surface area contributed by atoms with E-state index in [1.165, 1.54) is 0 Å². The molecule has 2 aromatic carbocycles. The number of ether oxygens (including phenoxy) is 1. The van der Waals surface area contributed by atoms with Gasteiger partial charge in [-0.05, 0) is 48.0 Å². The molecule has 21 heavy (non-hydrogen) atoms. The van der Waals surface area contributed by atoms with Crippen molar-refractivity contribution in [1.82, 2.24) is 0 Å². The van der Waals surface area contributed by atoms with E-state index in [2.05, 4.69) is 4.99 Å². The van der Waals surface area contributed by atoms with Crippen molar-refractivity contribution in [1.29, 1.82) is 0 Å². The summed E-state index contributed by atoms with van der Waals surface area (Å²) in [5, 5.41) is 1.21. The van der Waals surface area contributed by atoms with Gasteiger partial charge in [-0.1, -0.05) is 35.3 Å². The Morgan fingerprint density at radius 1 is 1.14 bits per heavy atom. The molecule has 0 radical (unpaired) electrons. The highest BCUT2D eigenvalue weighted by molar-refractivity contribution is 6.32. The quantitative estimate of drug-likeness (QED) is 0.655. The number of hydrogen-bond acceptors (Lipinski definition) is 2. The molecule has 0 saturated heterocycles. The van der Waals surface area contributed by atoms with Crippen molar-refractivity contribution in [2.45, 2.75) is 0 Å². The Labute approximate surface area is 133 Å². The van der Waals surface area contributed by atoms with Gasteiger partial charge in [-0.25, -0.2) is 4.99 Å². The molecule has 2 aromatic rings. The lowest BCUT2D eigenvalue weighted by Gasteiger charge is -2.03. The van der Waals surface area contributed by atoms with Crippen LogP contribution in [0.2, 0.25) is 10.0 Å². The number of halogens is 2. The third-order valence-electron chi connectivity index (χ3n) is 2.71. The standard InChI is InChI=1S/C16H14Cl2N2O/c1-21-15-8-2-11(10-14(15)18)3-9-16(19)20-13-6-4-12(17)5-7-13/h2-10H,1H3,(H2,19,20). The zero-order valence-electron chi connectivity index (χ0n) is 11.4. The van der Waals surface area contributed by atoms with Crippen LogP contribution in [0.3, 0.4) is 0 Å². The van der Waals surface area contributed by atoms with Crippen LogP contribution in [0.25, 0.3) is 6.08 Å². The number of nitrogens with two attached hydrogens (primary N) is 1. The summed E-state index contributed by atoms with van der Waals surface area (Å²) in [6.45, 7) is 0. The van der Waals surface area contributed by atoms with Gasteiger partial charge in [-0.2, -0.15) is 0 Å². The maximum Gasteiger partial charge on any atom is 0.137 e. The lowest BCUT2D eigenvalue weighted by atomic mass is 10.2. The predicted molar refractivity (Wildman–Crippen MR) is 89.8 cm³/mol. The van der Waals surface area contributed by atoms with Crippen LogP contribution < -0.4 is 10.5 Å². The van der Waals surface area contributed by atoms with Crippen LogP contribution in [0.5, 0.6) is 5.75 Å². The minimum Gasteiger partial charge on any atom is -0.495 e. The van der Waals surface area contributed by atoms with Gasteiger partial charge in [0.15, 0.2) is 0 Å². The van der Waals surface area contributed by atoms with E-state index in [-0.39, 0.29) is 0 Å². The molecular weight excluding hydrogens is 307 g/mol. The normalized spacial score (nSPS) is 11.9. The Kier molecular flexibility index (Phi) is 5.26. The first kappa shape index (κ1) is 15.4. The maximum absolute atomic E-state index is 6.06. The largest absolute Gasteiger partial charge is 0.495 e. The smallest absolute Gasteiger partial charge is 0.137 e. The molecule has 2 rings (SSSR count). The van der Waals surface area contributed by atoms with Crippen molar-refractivity contribution in [3.63, 3.8) is 0 Å². The SMILES string of the molecule is COc1ccc(C=CC(N)=Nc2ccc(Cl)cc2)cc1Cl. The third kappa shape index (κ3) is 4.52. The number of hydrogen-bond donors (Lipinski definition) is 1. The predicted octanol–water partition coefficient (Wildman–Crippen LogP) is 4.70. The van der Waals surface area contributed by atoms with Crippen molar-refractivity contribution < 1.29 is 4.74 Å². The molecule has 0 saturated carbocycles. The van der Waals surface area contributed by atoms with E-state index in [9.17, 15) is 0 Å². The summed E-state index contributed by atoms with van der Waals surface area (Å²) >= 11 is 11.9. The average Bonchev–Trinajstić information content (AvgIpc) is 2.48. The topological polar surface area (TPSA) is 47.6 Å². The fraction of sp³-hybridized carbons (Fsp3) is 0.0625. The number of amidine groups is 1. The zero-order valence-corrected chi connectivity index (χ0v) is 12.9. The van der Waals surface area contributed by atoms with Gasteiger partial charge in [0.05, 0.1) is 17.8 Å². The lowest BCUT2D eigenvalue weighted by molar-refractivity contribution is 0.415. The molecule has 0 aliphatic rings. The molecule has 0 bridgehead atoms. The molecule has 0 atom stereocenters. The summed E-state index contributed by atoms with van der Waals surface area (Å²) in [7, 11) is 1.58. The summed E-state index contributed by atoms with van der Waals surface area (Å²) in [5.74, 6) is 1.03. The molecular formula is C16H14Cl2N2O. The van der Waals surface area contributed by atoms with E-state index in [0.29, 0.717) is 21.6 Å². The van der Waals surface area contributed by atoms with Gasteiger partial charge < -0.3 is 10.5 Å². The third-order valence-corrected chi connectivity index (χ3v) is 3.25. The summed E-state index contributed by atoms with van der Waals surface area (Å²) in [4.78, 5) is 4.26.